The smallest absolute Gasteiger partial charge is 0.133 e. The van der Waals surface area contributed by atoms with Gasteiger partial charge in [0.05, 0.1) is 0 Å². The lowest BCUT2D eigenvalue weighted by Gasteiger charge is -2.35. The van der Waals surface area contributed by atoms with Crippen molar-refractivity contribution in [2.24, 2.45) is 0 Å². The van der Waals surface area contributed by atoms with Crippen LogP contribution in [0.5, 0.6) is 0 Å². The fourth-order valence-electron chi connectivity index (χ4n) is 3.08. The van der Waals surface area contributed by atoms with Gasteiger partial charge in [-0.15, -0.1) is 24.8 Å². The molecule has 1 saturated heterocycles. The summed E-state index contributed by atoms with van der Waals surface area (Å²) in [5, 5.41) is 0. The lowest BCUT2D eigenvalue weighted by Crippen LogP contribution is -2.46. The molecule has 0 spiro atoms. The zero-order valence-electron chi connectivity index (χ0n) is 15.7. The number of halogens is 2. The Morgan fingerprint density at radius 3 is 2.35 bits per heavy atom. The van der Waals surface area contributed by atoms with Gasteiger partial charge >= 0.3 is 0 Å². The lowest BCUT2D eigenvalue weighted by atomic mass is 10.1. The number of nitrogen functional groups attached to an aromatic ring is 1. The predicted octanol–water partition coefficient (Wildman–Crippen LogP) is 3.66. The lowest BCUT2D eigenvalue weighted by molar-refractivity contribution is 0.249. The summed E-state index contributed by atoms with van der Waals surface area (Å²) in [6.07, 6.45) is 0. The predicted molar refractivity (Wildman–Crippen MR) is 114 cm³/mol. The Labute approximate surface area is 168 Å². The summed E-state index contributed by atoms with van der Waals surface area (Å²) in [6.45, 7) is 11.4. The number of nitrogens with two attached hydrogens (primary N) is 1. The Kier molecular flexibility index (Phi) is 8.60. The van der Waals surface area contributed by atoms with Gasteiger partial charge < -0.3 is 10.6 Å². The topological polar surface area (TPSA) is 58.3 Å². The molecule has 1 aromatic heterocycles. The summed E-state index contributed by atoms with van der Waals surface area (Å²) in [6, 6.07) is 10.3. The Bertz CT molecular complexity index is 700. The number of hydrogen-bond acceptors (Lipinski definition) is 5. The third-order valence-corrected chi connectivity index (χ3v) is 4.43. The SMILES string of the molecule is Cc1cc(N2CCN(Cc3cccc(N)c3)CC2)nc(C(C)C)n1.Cl.Cl. The maximum absolute atomic E-state index is 5.87. The molecule has 7 heteroatoms. The van der Waals surface area contributed by atoms with Crippen molar-refractivity contribution < 1.29 is 0 Å². The molecule has 2 heterocycles. The van der Waals surface area contributed by atoms with E-state index in [1.54, 1.807) is 0 Å². The van der Waals surface area contributed by atoms with Gasteiger partial charge in [-0.25, -0.2) is 9.97 Å². The summed E-state index contributed by atoms with van der Waals surface area (Å²) in [4.78, 5) is 14.2. The molecule has 1 aliphatic heterocycles. The van der Waals surface area contributed by atoms with Gasteiger partial charge in [0, 0.05) is 56.1 Å². The molecule has 0 radical (unpaired) electrons. The Hall–Kier alpha value is -1.56. The third-order valence-electron chi connectivity index (χ3n) is 4.43. The molecule has 2 N–H and O–H groups in total. The first-order valence-electron chi connectivity index (χ1n) is 8.68. The van der Waals surface area contributed by atoms with Crippen molar-refractivity contribution in [2.45, 2.75) is 33.2 Å². The van der Waals surface area contributed by atoms with Crippen LogP contribution in [0.3, 0.4) is 0 Å². The van der Waals surface area contributed by atoms with E-state index in [2.05, 4.69) is 46.8 Å². The van der Waals surface area contributed by atoms with Crippen LogP contribution < -0.4 is 10.6 Å². The normalized spacial score (nSPS) is 14.7. The molecule has 144 valence electrons. The number of benzene rings is 1. The van der Waals surface area contributed by atoms with E-state index in [0.717, 1.165) is 55.7 Å². The highest BCUT2D eigenvalue weighted by Crippen LogP contribution is 2.19. The minimum Gasteiger partial charge on any atom is -0.399 e. The van der Waals surface area contributed by atoms with Crippen LogP contribution in [0, 0.1) is 6.92 Å². The second kappa shape index (κ2) is 9.95. The van der Waals surface area contributed by atoms with E-state index in [-0.39, 0.29) is 24.8 Å². The van der Waals surface area contributed by atoms with Crippen LogP contribution in [0.1, 0.15) is 36.8 Å². The number of nitrogens with zero attached hydrogens (tertiary/aromatic N) is 4. The average molecular weight is 398 g/mol. The van der Waals surface area contributed by atoms with Gasteiger partial charge in [0.2, 0.25) is 0 Å². The molecular formula is C19H29Cl2N5. The molecule has 5 nitrogen and oxygen atoms in total. The Morgan fingerprint density at radius 2 is 1.73 bits per heavy atom. The van der Waals surface area contributed by atoms with Crippen molar-refractivity contribution in [1.29, 1.82) is 0 Å². The maximum atomic E-state index is 5.87. The summed E-state index contributed by atoms with van der Waals surface area (Å²) < 4.78 is 0. The van der Waals surface area contributed by atoms with Gasteiger partial charge in [-0.3, -0.25) is 4.90 Å². The van der Waals surface area contributed by atoms with E-state index in [1.165, 1.54) is 5.56 Å². The quantitative estimate of drug-likeness (QED) is 0.797. The number of aromatic nitrogens is 2. The maximum Gasteiger partial charge on any atom is 0.133 e. The van der Waals surface area contributed by atoms with Crippen molar-refractivity contribution in [3.63, 3.8) is 0 Å². The molecule has 0 atom stereocenters. The minimum atomic E-state index is 0. The van der Waals surface area contributed by atoms with E-state index in [0.29, 0.717) is 5.92 Å². The van der Waals surface area contributed by atoms with Crippen LogP contribution in [-0.2, 0) is 6.54 Å². The highest BCUT2D eigenvalue weighted by molar-refractivity contribution is 5.85. The second-order valence-electron chi connectivity index (χ2n) is 6.89. The van der Waals surface area contributed by atoms with E-state index < -0.39 is 0 Å². The van der Waals surface area contributed by atoms with Crippen LogP contribution in [-0.4, -0.2) is 41.0 Å². The molecule has 3 rings (SSSR count). The zero-order valence-corrected chi connectivity index (χ0v) is 17.3. The average Bonchev–Trinajstić information content (AvgIpc) is 2.55. The van der Waals surface area contributed by atoms with Crippen molar-refractivity contribution in [1.82, 2.24) is 14.9 Å². The van der Waals surface area contributed by atoms with Gasteiger partial charge in [0.15, 0.2) is 0 Å². The van der Waals surface area contributed by atoms with Crippen molar-refractivity contribution in [3.8, 4) is 0 Å². The number of rotatable bonds is 4. The van der Waals surface area contributed by atoms with Crippen LogP contribution in [0.15, 0.2) is 30.3 Å². The van der Waals surface area contributed by atoms with Gasteiger partial charge in [-0.1, -0.05) is 26.0 Å². The second-order valence-corrected chi connectivity index (χ2v) is 6.89. The molecule has 1 aliphatic rings. The molecule has 0 saturated carbocycles. The fraction of sp³-hybridized carbons (Fsp3) is 0.474. The first-order valence-corrected chi connectivity index (χ1v) is 8.68. The van der Waals surface area contributed by atoms with Crippen molar-refractivity contribution in [2.75, 3.05) is 36.8 Å². The van der Waals surface area contributed by atoms with Crippen molar-refractivity contribution >= 4 is 36.3 Å². The number of aryl methyl sites for hydroxylation is 1. The highest BCUT2D eigenvalue weighted by atomic mass is 35.5. The van der Waals surface area contributed by atoms with E-state index in [1.807, 2.05) is 19.1 Å². The van der Waals surface area contributed by atoms with Gasteiger partial charge in [-0.2, -0.15) is 0 Å². The molecule has 0 amide bonds. The Morgan fingerprint density at radius 1 is 1.04 bits per heavy atom. The van der Waals surface area contributed by atoms with Crippen LogP contribution in [0.4, 0.5) is 11.5 Å². The number of hydrogen-bond donors (Lipinski definition) is 1. The summed E-state index contributed by atoms with van der Waals surface area (Å²) in [5.41, 5.74) is 9.04. The fourth-order valence-corrected chi connectivity index (χ4v) is 3.08. The monoisotopic (exact) mass is 397 g/mol. The summed E-state index contributed by atoms with van der Waals surface area (Å²) in [5.74, 6) is 2.36. The zero-order chi connectivity index (χ0) is 17.1. The van der Waals surface area contributed by atoms with Gasteiger partial charge in [0.25, 0.3) is 0 Å². The van der Waals surface area contributed by atoms with Gasteiger partial charge in [-0.05, 0) is 24.6 Å². The summed E-state index contributed by atoms with van der Waals surface area (Å²) >= 11 is 0. The first-order chi connectivity index (χ1) is 11.5. The molecule has 1 fully saturated rings. The minimum absolute atomic E-state index is 0. The van der Waals surface area contributed by atoms with Crippen molar-refractivity contribution in [3.05, 3.63) is 47.4 Å². The van der Waals surface area contributed by atoms with Crippen LogP contribution >= 0.6 is 24.8 Å². The molecular weight excluding hydrogens is 369 g/mol. The number of piperazine rings is 1. The molecule has 0 aliphatic carbocycles. The largest absolute Gasteiger partial charge is 0.399 e. The van der Waals surface area contributed by atoms with E-state index in [9.17, 15) is 0 Å². The molecule has 2 aromatic rings. The molecule has 0 bridgehead atoms. The molecule has 26 heavy (non-hydrogen) atoms. The molecule has 1 aromatic carbocycles. The molecule has 0 unspecified atom stereocenters. The van der Waals surface area contributed by atoms with E-state index >= 15 is 0 Å². The summed E-state index contributed by atoms with van der Waals surface area (Å²) in [7, 11) is 0. The Balaban J connectivity index is 0.00000169. The van der Waals surface area contributed by atoms with E-state index in [4.69, 9.17) is 10.7 Å². The van der Waals surface area contributed by atoms with Crippen LogP contribution in [0.25, 0.3) is 0 Å². The van der Waals surface area contributed by atoms with Crippen LogP contribution in [0.2, 0.25) is 0 Å². The number of anilines is 2. The van der Waals surface area contributed by atoms with Gasteiger partial charge in [0.1, 0.15) is 11.6 Å². The highest BCUT2D eigenvalue weighted by Gasteiger charge is 2.19. The first kappa shape index (κ1) is 22.5. The third kappa shape index (κ3) is 5.73. The standard InChI is InChI=1S/C19H27N5.2ClH/c1-14(2)19-21-15(3)11-18(22-19)24-9-7-23(8-10-24)13-16-5-4-6-17(20)12-16;;/h4-6,11-12,14H,7-10,13,20H2,1-3H3;2*1H.